The van der Waals surface area contributed by atoms with E-state index in [1.807, 2.05) is 11.8 Å². The molecule has 1 aromatic rings. The van der Waals surface area contributed by atoms with Crippen LogP contribution in [0.25, 0.3) is 0 Å². The molecule has 1 aliphatic heterocycles. The zero-order chi connectivity index (χ0) is 14.8. The van der Waals surface area contributed by atoms with Gasteiger partial charge in [0.2, 0.25) is 5.91 Å². The highest BCUT2D eigenvalue weighted by atomic mass is 16.3. The summed E-state index contributed by atoms with van der Waals surface area (Å²) in [7, 11) is 0. The summed E-state index contributed by atoms with van der Waals surface area (Å²) in [6, 6.07) is 3.51. The molecule has 3 rings (SSSR count). The summed E-state index contributed by atoms with van der Waals surface area (Å²) >= 11 is 0. The molecular weight excluding hydrogens is 268 g/mol. The first-order valence-corrected chi connectivity index (χ1v) is 7.79. The van der Waals surface area contributed by atoms with Crippen molar-refractivity contribution in [2.45, 2.75) is 32.6 Å². The van der Waals surface area contributed by atoms with Crippen LogP contribution >= 0.6 is 0 Å². The summed E-state index contributed by atoms with van der Waals surface area (Å²) in [4.78, 5) is 28.3. The highest BCUT2D eigenvalue weighted by Gasteiger charge is 2.31. The molecule has 21 heavy (non-hydrogen) atoms. The van der Waals surface area contributed by atoms with Gasteiger partial charge in [-0.25, -0.2) is 0 Å². The fraction of sp³-hybridized carbons (Fsp3) is 0.625. The Morgan fingerprint density at radius 3 is 2.24 bits per heavy atom. The first-order chi connectivity index (χ1) is 10.1. The Bertz CT molecular complexity index is 523. The smallest absolute Gasteiger partial charge is 0.289 e. The normalized spacial score (nSPS) is 20.0. The zero-order valence-electron chi connectivity index (χ0n) is 12.5. The number of carbonyl (C=O) groups is 2. The van der Waals surface area contributed by atoms with Gasteiger partial charge in [-0.1, -0.05) is 12.8 Å². The first kappa shape index (κ1) is 14.2. The second-order valence-electron chi connectivity index (χ2n) is 6.01. The molecule has 2 heterocycles. The van der Waals surface area contributed by atoms with Gasteiger partial charge in [0.05, 0.1) is 0 Å². The van der Waals surface area contributed by atoms with Crippen LogP contribution in [0.15, 0.2) is 16.5 Å². The number of rotatable bonds is 2. The third-order valence-electron chi connectivity index (χ3n) is 4.53. The fourth-order valence-corrected chi connectivity index (χ4v) is 3.27. The fourth-order valence-electron chi connectivity index (χ4n) is 3.27. The lowest BCUT2D eigenvalue weighted by atomic mass is 10.1. The van der Waals surface area contributed by atoms with Crippen molar-refractivity contribution in [2.24, 2.45) is 5.92 Å². The van der Waals surface area contributed by atoms with E-state index in [-0.39, 0.29) is 17.7 Å². The highest BCUT2D eigenvalue weighted by Crippen LogP contribution is 2.27. The highest BCUT2D eigenvalue weighted by molar-refractivity contribution is 5.91. The molecule has 0 N–H and O–H groups in total. The third-order valence-corrected chi connectivity index (χ3v) is 4.53. The lowest BCUT2D eigenvalue weighted by molar-refractivity contribution is -0.136. The van der Waals surface area contributed by atoms with E-state index in [0.29, 0.717) is 31.9 Å². The van der Waals surface area contributed by atoms with Crippen LogP contribution < -0.4 is 0 Å². The van der Waals surface area contributed by atoms with Crippen LogP contribution in [-0.2, 0) is 4.79 Å². The predicted molar refractivity (Wildman–Crippen MR) is 77.9 cm³/mol. The summed E-state index contributed by atoms with van der Waals surface area (Å²) in [5.74, 6) is 1.57. The van der Waals surface area contributed by atoms with Crippen molar-refractivity contribution in [1.82, 2.24) is 9.80 Å². The van der Waals surface area contributed by atoms with Crippen LogP contribution in [0.2, 0.25) is 0 Å². The summed E-state index contributed by atoms with van der Waals surface area (Å²) < 4.78 is 5.38. The second-order valence-corrected chi connectivity index (χ2v) is 6.01. The monoisotopic (exact) mass is 290 g/mol. The van der Waals surface area contributed by atoms with E-state index in [2.05, 4.69) is 0 Å². The van der Waals surface area contributed by atoms with Gasteiger partial charge < -0.3 is 14.2 Å². The summed E-state index contributed by atoms with van der Waals surface area (Å²) in [6.07, 6.45) is 4.41. The van der Waals surface area contributed by atoms with Crippen LogP contribution in [0.4, 0.5) is 0 Å². The zero-order valence-corrected chi connectivity index (χ0v) is 12.5. The molecule has 0 aromatic carbocycles. The Morgan fingerprint density at radius 1 is 1.05 bits per heavy atom. The Balaban J connectivity index is 1.55. The molecule has 0 radical (unpaired) electrons. The van der Waals surface area contributed by atoms with E-state index >= 15 is 0 Å². The average Bonchev–Trinajstić information content (AvgIpc) is 3.17. The van der Waals surface area contributed by atoms with Crippen LogP contribution in [0, 0.1) is 12.8 Å². The number of furan rings is 1. The number of carbonyl (C=O) groups excluding carboxylic acids is 2. The van der Waals surface area contributed by atoms with E-state index in [0.717, 1.165) is 18.6 Å². The minimum Gasteiger partial charge on any atom is -0.456 e. The largest absolute Gasteiger partial charge is 0.456 e. The molecule has 0 spiro atoms. The van der Waals surface area contributed by atoms with Crippen molar-refractivity contribution in [1.29, 1.82) is 0 Å². The number of hydrogen-bond acceptors (Lipinski definition) is 3. The van der Waals surface area contributed by atoms with E-state index in [1.165, 1.54) is 12.8 Å². The number of hydrogen-bond donors (Lipinski definition) is 0. The molecule has 2 fully saturated rings. The standard InChI is InChI=1S/C16H22N2O3/c1-12-6-7-14(21-12)16(20)18-10-8-17(9-11-18)15(19)13-4-2-3-5-13/h6-7,13H,2-5,8-11H2,1H3. The second kappa shape index (κ2) is 5.92. The van der Waals surface area contributed by atoms with Crippen molar-refractivity contribution in [3.8, 4) is 0 Å². The lowest BCUT2D eigenvalue weighted by Crippen LogP contribution is -2.51. The van der Waals surface area contributed by atoms with Gasteiger partial charge in [-0.05, 0) is 31.9 Å². The summed E-state index contributed by atoms with van der Waals surface area (Å²) in [6.45, 7) is 4.30. The molecule has 0 unspecified atom stereocenters. The Hall–Kier alpha value is -1.78. The maximum atomic E-state index is 12.4. The third kappa shape index (κ3) is 2.96. The van der Waals surface area contributed by atoms with Crippen LogP contribution in [0.1, 0.15) is 42.0 Å². The molecular formula is C16H22N2O3. The maximum absolute atomic E-state index is 12.4. The number of nitrogens with zero attached hydrogens (tertiary/aromatic N) is 2. The molecule has 0 bridgehead atoms. The SMILES string of the molecule is Cc1ccc(C(=O)N2CCN(C(=O)C3CCCC3)CC2)o1. The molecule has 2 aliphatic rings. The Kier molecular flexibility index (Phi) is 3.99. The Labute approximate surface area is 124 Å². The van der Waals surface area contributed by atoms with E-state index in [9.17, 15) is 9.59 Å². The van der Waals surface area contributed by atoms with Crippen molar-refractivity contribution < 1.29 is 14.0 Å². The van der Waals surface area contributed by atoms with E-state index < -0.39 is 0 Å². The van der Waals surface area contributed by atoms with Gasteiger partial charge in [0.25, 0.3) is 5.91 Å². The topological polar surface area (TPSA) is 53.8 Å². The van der Waals surface area contributed by atoms with Gasteiger partial charge in [-0.2, -0.15) is 0 Å². The average molecular weight is 290 g/mol. The molecule has 114 valence electrons. The number of piperazine rings is 1. The van der Waals surface area contributed by atoms with Gasteiger partial charge in [0.15, 0.2) is 5.76 Å². The molecule has 5 heteroatoms. The molecule has 2 amide bonds. The quantitative estimate of drug-likeness (QED) is 0.838. The van der Waals surface area contributed by atoms with E-state index in [4.69, 9.17) is 4.42 Å². The predicted octanol–water partition coefficient (Wildman–Crippen LogP) is 2.06. The van der Waals surface area contributed by atoms with Crippen LogP contribution in [0.3, 0.4) is 0 Å². The molecule has 1 aliphatic carbocycles. The Morgan fingerprint density at radius 2 is 1.67 bits per heavy atom. The van der Waals surface area contributed by atoms with Gasteiger partial charge in [0.1, 0.15) is 5.76 Å². The molecule has 5 nitrogen and oxygen atoms in total. The van der Waals surface area contributed by atoms with Gasteiger partial charge in [-0.3, -0.25) is 9.59 Å². The summed E-state index contributed by atoms with van der Waals surface area (Å²) in [5, 5.41) is 0. The first-order valence-electron chi connectivity index (χ1n) is 7.79. The molecule has 0 atom stereocenters. The van der Waals surface area contributed by atoms with Crippen molar-refractivity contribution in [3.05, 3.63) is 23.7 Å². The maximum Gasteiger partial charge on any atom is 0.289 e. The van der Waals surface area contributed by atoms with Crippen LogP contribution in [0.5, 0.6) is 0 Å². The minimum atomic E-state index is -0.0731. The van der Waals surface area contributed by atoms with Gasteiger partial charge >= 0.3 is 0 Å². The van der Waals surface area contributed by atoms with Crippen LogP contribution in [-0.4, -0.2) is 47.8 Å². The van der Waals surface area contributed by atoms with Gasteiger partial charge in [-0.15, -0.1) is 0 Å². The molecule has 1 aromatic heterocycles. The van der Waals surface area contributed by atoms with E-state index in [1.54, 1.807) is 17.0 Å². The van der Waals surface area contributed by atoms with Crippen molar-refractivity contribution in [3.63, 3.8) is 0 Å². The number of amides is 2. The molecule has 1 saturated heterocycles. The lowest BCUT2D eigenvalue weighted by Gasteiger charge is -2.35. The van der Waals surface area contributed by atoms with Crippen molar-refractivity contribution in [2.75, 3.05) is 26.2 Å². The number of aryl methyl sites for hydroxylation is 1. The minimum absolute atomic E-state index is 0.0731. The van der Waals surface area contributed by atoms with Crippen molar-refractivity contribution >= 4 is 11.8 Å². The van der Waals surface area contributed by atoms with Gasteiger partial charge in [0, 0.05) is 32.1 Å². The molecule has 1 saturated carbocycles. The summed E-state index contributed by atoms with van der Waals surface area (Å²) in [5.41, 5.74) is 0.